The molecule has 66 valence electrons. The molecule has 0 bridgehead atoms. The molecule has 2 aliphatic carbocycles. The third kappa shape index (κ3) is 1.06. The molecule has 12 heavy (non-hydrogen) atoms. The minimum atomic E-state index is -0.637. The van der Waals surface area contributed by atoms with Gasteiger partial charge in [-0.2, -0.15) is 0 Å². The Morgan fingerprint density at radius 2 is 2.17 bits per heavy atom. The Labute approximate surface area is 72.3 Å². The zero-order valence-corrected chi connectivity index (χ0v) is 7.50. The van der Waals surface area contributed by atoms with Crippen LogP contribution in [0.15, 0.2) is 11.6 Å². The summed E-state index contributed by atoms with van der Waals surface area (Å²) < 4.78 is 0. The smallest absolute Gasteiger partial charge is 0.307 e. The summed E-state index contributed by atoms with van der Waals surface area (Å²) in [5.74, 6) is -0.472. The van der Waals surface area contributed by atoms with Gasteiger partial charge in [0.25, 0.3) is 0 Å². The highest BCUT2D eigenvalue weighted by atomic mass is 16.4. The largest absolute Gasteiger partial charge is 0.481 e. The number of hydrogen-bond donors (Lipinski definition) is 1. The van der Waals surface area contributed by atoms with Crippen molar-refractivity contribution in [1.29, 1.82) is 0 Å². The second-order valence-electron chi connectivity index (χ2n) is 4.49. The summed E-state index contributed by atoms with van der Waals surface area (Å²) in [6.45, 7) is 4.08. The molecule has 0 amide bonds. The molecule has 2 rings (SSSR count). The van der Waals surface area contributed by atoms with Crippen molar-refractivity contribution in [3.63, 3.8) is 0 Å². The molecular weight excluding hydrogens is 152 g/mol. The van der Waals surface area contributed by atoms with Crippen LogP contribution in [-0.4, -0.2) is 11.1 Å². The van der Waals surface area contributed by atoms with Crippen LogP contribution in [-0.2, 0) is 4.79 Å². The summed E-state index contributed by atoms with van der Waals surface area (Å²) in [5, 5.41) is 8.86. The average molecular weight is 166 g/mol. The molecule has 0 saturated heterocycles. The third-order valence-corrected chi connectivity index (χ3v) is 3.13. The maximum atomic E-state index is 10.8. The van der Waals surface area contributed by atoms with Crippen molar-refractivity contribution in [2.24, 2.45) is 17.3 Å². The van der Waals surface area contributed by atoms with Crippen LogP contribution in [0.4, 0.5) is 0 Å². The standard InChI is InChI=1S/C10H14O2/c1-10(2)7(5-6-3-4-6)8(10)9(11)12/h5,7-8H,3-4H2,1-2H3,(H,11,12). The van der Waals surface area contributed by atoms with Crippen LogP contribution in [0.5, 0.6) is 0 Å². The van der Waals surface area contributed by atoms with Crippen molar-refractivity contribution < 1.29 is 9.90 Å². The monoisotopic (exact) mass is 166 g/mol. The average Bonchev–Trinajstić information content (AvgIpc) is 2.75. The van der Waals surface area contributed by atoms with Gasteiger partial charge in [-0.05, 0) is 24.2 Å². The Morgan fingerprint density at radius 1 is 1.58 bits per heavy atom. The van der Waals surface area contributed by atoms with E-state index in [2.05, 4.69) is 6.08 Å². The highest BCUT2D eigenvalue weighted by Crippen LogP contribution is 2.60. The van der Waals surface area contributed by atoms with Crippen molar-refractivity contribution in [2.45, 2.75) is 26.7 Å². The van der Waals surface area contributed by atoms with Crippen molar-refractivity contribution in [3.05, 3.63) is 11.6 Å². The molecule has 0 radical (unpaired) electrons. The molecule has 2 nitrogen and oxygen atoms in total. The molecule has 0 aromatic rings. The number of allylic oxidation sites excluding steroid dienone is 2. The molecule has 1 N–H and O–H groups in total. The second-order valence-corrected chi connectivity index (χ2v) is 4.49. The zero-order chi connectivity index (χ0) is 8.93. The minimum Gasteiger partial charge on any atom is -0.481 e. The summed E-state index contributed by atoms with van der Waals surface area (Å²) >= 11 is 0. The van der Waals surface area contributed by atoms with Crippen molar-refractivity contribution in [3.8, 4) is 0 Å². The van der Waals surface area contributed by atoms with E-state index in [0.717, 1.165) is 0 Å². The number of aliphatic carboxylic acids is 1. The SMILES string of the molecule is CC1(C)C(C=C2CC2)C1C(=O)O. The van der Waals surface area contributed by atoms with Crippen LogP contribution in [0.25, 0.3) is 0 Å². The fourth-order valence-corrected chi connectivity index (χ4v) is 1.95. The number of rotatable bonds is 2. The van der Waals surface area contributed by atoms with Crippen molar-refractivity contribution in [1.82, 2.24) is 0 Å². The lowest BCUT2D eigenvalue weighted by atomic mass is 10.1. The van der Waals surface area contributed by atoms with Gasteiger partial charge in [-0.25, -0.2) is 0 Å². The number of carboxylic acid groups (broad SMARTS) is 1. The van der Waals surface area contributed by atoms with E-state index in [0.29, 0.717) is 5.92 Å². The summed E-state index contributed by atoms with van der Waals surface area (Å²) in [6, 6.07) is 0. The van der Waals surface area contributed by atoms with Gasteiger partial charge in [0.05, 0.1) is 5.92 Å². The third-order valence-electron chi connectivity index (χ3n) is 3.13. The first-order valence-corrected chi connectivity index (χ1v) is 4.46. The molecular formula is C10H14O2. The van der Waals surface area contributed by atoms with E-state index >= 15 is 0 Å². The molecule has 0 aromatic carbocycles. The first-order valence-electron chi connectivity index (χ1n) is 4.46. The van der Waals surface area contributed by atoms with E-state index in [1.807, 2.05) is 13.8 Å². The predicted molar refractivity (Wildman–Crippen MR) is 45.7 cm³/mol. The molecule has 2 atom stereocenters. The van der Waals surface area contributed by atoms with E-state index in [1.54, 1.807) is 0 Å². The Bertz CT molecular complexity index is 257. The van der Waals surface area contributed by atoms with Gasteiger partial charge < -0.3 is 5.11 Å². The predicted octanol–water partition coefficient (Wildman–Crippen LogP) is 2.06. The van der Waals surface area contributed by atoms with E-state index in [4.69, 9.17) is 5.11 Å². The van der Waals surface area contributed by atoms with Gasteiger partial charge in [-0.3, -0.25) is 4.79 Å². The Balaban J connectivity index is 2.10. The van der Waals surface area contributed by atoms with E-state index in [-0.39, 0.29) is 11.3 Å². The number of carbonyl (C=O) groups is 1. The fourth-order valence-electron chi connectivity index (χ4n) is 1.95. The molecule has 0 aliphatic heterocycles. The lowest BCUT2D eigenvalue weighted by Gasteiger charge is -1.95. The Morgan fingerprint density at radius 3 is 2.50 bits per heavy atom. The van der Waals surface area contributed by atoms with Gasteiger partial charge in [-0.1, -0.05) is 25.5 Å². The first kappa shape index (κ1) is 7.84. The Kier molecular flexibility index (Phi) is 1.39. The number of hydrogen-bond acceptors (Lipinski definition) is 1. The quantitative estimate of drug-likeness (QED) is 0.637. The molecule has 2 heteroatoms. The molecule has 2 unspecified atom stereocenters. The molecule has 0 heterocycles. The summed E-state index contributed by atoms with van der Waals surface area (Å²) in [7, 11) is 0. The Hall–Kier alpha value is -0.790. The summed E-state index contributed by atoms with van der Waals surface area (Å²) in [5.41, 5.74) is 1.46. The van der Waals surface area contributed by atoms with Gasteiger partial charge in [0.1, 0.15) is 0 Å². The highest BCUT2D eigenvalue weighted by Gasteiger charge is 2.61. The van der Waals surface area contributed by atoms with Gasteiger partial charge in [0.15, 0.2) is 0 Å². The van der Waals surface area contributed by atoms with E-state index in [1.165, 1.54) is 18.4 Å². The maximum Gasteiger partial charge on any atom is 0.307 e. The van der Waals surface area contributed by atoms with Crippen LogP contribution >= 0.6 is 0 Å². The second kappa shape index (κ2) is 2.12. The summed E-state index contributed by atoms with van der Waals surface area (Å²) in [6.07, 6.45) is 4.57. The highest BCUT2D eigenvalue weighted by molar-refractivity contribution is 5.76. The molecule has 0 spiro atoms. The number of carboxylic acids is 1. The van der Waals surface area contributed by atoms with Crippen LogP contribution in [0.2, 0.25) is 0 Å². The van der Waals surface area contributed by atoms with Crippen molar-refractivity contribution >= 4 is 5.97 Å². The van der Waals surface area contributed by atoms with E-state index < -0.39 is 5.97 Å². The van der Waals surface area contributed by atoms with Crippen molar-refractivity contribution in [2.75, 3.05) is 0 Å². The molecule has 2 aliphatic rings. The maximum absolute atomic E-state index is 10.8. The van der Waals surface area contributed by atoms with Crippen LogP contribution in [0.1, 0.15) is 26.7 Å². The lowest BCUT2D eigenvalue weighted by molar-refractivity contribution is -0.139. The van der Waals surface area contributed by atoms with Gasteiger partial charge in [-0.15, -0.1) is 0 Å². The van der Waals surface area contributed by atoms with Gasteiger partial charge in [0.2, 0.25) is 0 Å². The van der Waals surface area contributed by atoms with Gasteiger partial charge in [0, 0.05) is 0 Å². The summed E-state index contributed by atoms with van der Waals surface area (Å²) in [4.78, 5) is 10.8. The molecule has 2 fully saturated rings. The minimum absolute atomic E-state index is 0.00141. The normalized spacial score (nSPS) is 36.0. The van der Waals surface area contributed by atoms with Gasteiger partial charge >= 0.3 is 5.97 Å². The molecule has 2 saturated carbocycles. The van der Waals surface area contributed by atoms with E-state index in [9.17, 15) is 4.79 Å². The molecule has 0 aromatic heterocycles. The van der Waals surface area contributed by atoms with Crippen LogP contribution in [0.3, 0.4) is 0 Å². The zero-order valence-electron chi connectivity index (χ0n) is 7.50. The van der Waals surface area contributed by atoms with Crippen LogP contribution < -0.4 is 0 Å². The fraction of sp³-hybridized carbons (Fsp3) is 0.700. The topological polar surface area (TPSA) is 37.3 Å². The lowest BCUT2D eigenvalue weighted by Crippen LogP contribution is -2.02. The van der Waals surface area contributed by atoms with Crippen LogP contribution in [0, 0.1) is 17.3 Å². The first-order chi connectivity index (χ1) is 5.53.